The molecule has 1 aromatic heterocycles. The molecule has 1 amide bonds. The fourth-order valence-corrected chi connectivity index (χ4v) is 3.85. The molecule has 118 valence electrons. The van der Waals surface area contributed by atoms with Crippen LogP contribution < -0.4 is 4.80 Å². The van der Waals surface area contributed by atoms with Crippen LogP contribution >= 0.6 is 11.3 Å². The van der Waals surface area contributed by atoms with Gasteiger partial charge < -0.3 is 4.57 Å². The first-order chi connectivity index (χ1) is 11.6. The average Bonchev–Trinajstić information content (AvgIpc) is 2.91. The molecule has 0 aliphatic rings. The normalized spacial score (nSPS) is 12.2. The highest BCUT2D eigenvalue weighted by Gasteiger charge is 2.11. The Morgan fingerprint density at radius 2 is 1.79 bits per heavy atom. The average molecular weight is 336 g/mol. The van der Waals surface area contributed by atoms with E-state index >= 15 is 0 Å². The smallest absolute Gasteiger partial charge is 0.280 e. The quantitative estimate of drug-likeness (QED) is 0.511. The Bertz CT molecular complexity index is 1150. The summed E-state index contributed by atoms with van der Waals surface area (Å²) in [5, 5.41) is 1.86. The van der Waals surface area contributed by atoms with Gasteiger partial charge in [-0.05, 0) is 29.0 Å². The van der Waals surface area contributed by atoms with Crippen molar-refractivity contribution < 1.29 is 9.18 Å². The van der Waals surface area contributed by atoms with Crippen LogP contribution in [0, 0.1) is 5.82 Å². The van der Waals surface area contributed by atoms with Gasteiger partial charge in [0.05, 0.1) is 10.2 Å². The largest absolute Gasteiger partial charge is 0.317 e. The molecule has 0 radical (unpaired) electrons. The van der Waals surface area contributed by atoms with Crippen molar-refractivity contribution >= 4 is 38.2 Å². The van der Waals surface area contributed by atoms with Crippen LogP contribution in [-0.2, 0) is 7.05 Å². The Hall–Kier alpha value is -2.79. The van der Waals surface area contributed by atoms with Gasteiger partial charge in [0.2, 0.25) is 0 Å². The lowest BCUT2D eigenvalue weighted by Gasteiger charge is -2.02. The van der Waals surface area contributed by atoms with E-state index in [2.05, 4.69) is 4.99 Å². The van der Waals surface area contributed by atoms with E-state index in [1.54, 1.807) is 23.7 Å². The van der Waals surface area contributed by atoms with Crippen molar-refractivity contribution in [1.29, 1.82) is 0 Å². The van der Waals surface area contributed by atoms with Gasteiger partial charge in [0.1, 0.15) is 5.82 Å². The number of nitrogens with zero attached hydrogens (tertiary/aromatic N) is 2. The molecule has 0 aliphatic heterocycles. The Morgan fingerprint density at radius 3 is 2.62 bits per heavy atom. The molecular formula is C19H13FN2OS. The minimum atomic E-state index is -0.325. The van der Waals surface area contributed by atoms with Gasteiger partial charge in [0.25, 0.3) is 5.91 Å². The van der Waals surface area contributed by atoms with Gasteiger partial charge in [-0.2, -0.15) is 4.99 Å². The molecule has 5 heteroatoms. The van der Waals surface area contributed by atoms with E-state index in [4.69, 9.17) is 0 Å². The Kier molecular flexibility index (Phi) is 3.50. The molecule has 0 bridgehead atoms. The van der Waals surface area contributed by atoms with E-state index < -0.39 is 0 Å². The number of halogens is 1. The third-order valence-electron chi connectivity index (χ3n) is 3.99. The van der Waals surface area contributed by atoms with Crippen molar-refractivity contribution in [2.45, 2.75) is 0 Å². The second-order valence-electron chi connectivity index (χ2n) is 5.47. The van der Waals surface area contributed by atoms with Gasteiger partial charge in [-0.3, -0.25) is 4.79 Å². The van der Waals surface area contributed by atoms with Gasteiger partial charge in [-0.25, -0.2) is 4.39 Å². The second-order valence-corrected chi connectivity index (χ2v) is 6.48. The number of aryl methyl sites for hydroxylation is 1. The summed E-state index contributed by atoms with van der Waals surface area (Å²) in [6.45, 7) is 0. The van der Waals surface area contributed by atoms with Crippen LogP contribution in [0.4, 0.5) is 4.39 Å². The lowest BCUT2D eigenvalue weighted by atomic mass is 10.0. The third-order valence-corrected chi connectivity index (χ3v) is 5.09. The third kappa shape index (κ3) is 2.34. The second kappa shape index (κ2) is 5.69. The zero-order chi connectivity index (χ0) is 16.7. The van der Waals surface area contributed by atoms with Crippen molar-refractivity contribution in [2.24, 2.45) is 12.0 Å². The fourth-order valence-electron chi connectivity index (χ4n) is 2.82. The van der Waals surface area contributed by atoms with Gasteiger partial charge in [-0.1, -0.05) is 53.8 Å². The number of carbonyl (C=O) groups is 1. The molecule has 0 fully saturated rings. The van der Waals surface area contributed by atoms with E-state index in [-0.39, 0.29) is 11.7 Å². The summed E-state index contributed by atoms with van der Waals surface area (Å²) in [4.78, 5) is 17.4. The maximum Gasteiger partial charge on any atom is 0.280 e. The van der Waals surface area contributed by atoms with Crippen LogP contribution in [0.3, 0.4) is 0 Å². The van der Waals surface area contributed by atoms with Crippen LogP contribution in [0.1, 0.15) is 10.4 Å². The molecule has 0 N–H and O–H groups in total. The van der Waals surface area contributed by atoms with E-state index in [0.29, 0.717) is 15.9 Å². The first-order valence-electron chi connectivity index (χ1n) is 7.46. The fraction of sp³-hybridized carbons (Fsp3) is 0.0526. The van der Waals surface area contributed by atoms with Crippen LogP contribution in [0.15, 0.2) is 65.7 Å². The molecule has 3 nitrogen and oxygen atoms in total. The van der Waals surface area contributed by atoms with Crippen LogP contribution in [0.25, 0.3) is 21.0 Å². The number of rotatable bonds is 1. The first kappa shape index (κ1) is 14.8. The van der Waals surface area contributed by atoms with Crippen molar-refractivity contribution in [1.82, 2.24) is 4.57 Å². The number of aromatic nitrogens is 1. The van der Waals surface area contributed by atoms with Crippen LogP contribution in [0.5, 0.6) is 0 Å². The predicted octanol–water partition coefficient (Wildman–Crippen LogP) is 4.27. The molecular weight excluding hydrogens is 323 g/mol. The van der Waals surface area contributed by atoms with Gasteiger partial charge in [0.15, 0.2) is 4.80 Å². The number of hydrogen-bond acceptors (Lipinski definition) is 2. The van der Waals surface area contributed by atoms with Gasteiger partial charge in [-0.15, -0.1) is 0 Å². The number of para-hydroxylation sites is 1. The number of amides is 1. The minimum absolute atomic E-state index is 0.315. The number of fused-ring (bicyclic) bond motifs is 2. The topological polar surface area (TPSA) is 34.4 Å². The summed E-state index contributed by atoms with van der Waals surface area (Å²) in [5.74, 6) is -0.639. The van der Waals surface area contributed by atoms with Gasteiger partial charge in [0, 0.05) is 12.6 Å². The van der Waals surface area contributed by atoms with Gasteiger partial charge >= 0.3 is 0 Å². The zero-order valence-corrected chi connectivity index (χ0v) is 13.7. The van der Waals surface area contributed by atoms with Crippen molar-refractivity contribution in [2.75, 3.05) is 0 Å². The summed E-state index contributed by atoms with van der Waals surface area (Å²) in [6, 6.07) is 18.2. The molecule has 0 saturated heterocycles. The molecule has 1 heterocycles. The lowest BCUT2D eigenvalue weighted by Crippen LogP contribution is -2.14. The Labute approximate surface area is 141 Å². The number of thiazole rings is 1. The predicted molar refractivity (Wildman–Crippen MR) is 94.6 cm³/mol. The van der Waals surface area contributed by atoms with E-state index in [9.17, 15) is 9.18 Å². The highest BCUT2D eigenvalue weighted by Crippen LogP contribution is 2.21. The maximum atomic E-state index is 14.0. The molecule has 0 aliphatic carbocycles. The molecule has 4 aromatic rings. The van der Waals surface area contributed by atoms with Crippen molar-refractivity contribution in [3.8, 4) is 0 Å². The first-order valence-corrected chi connectivity index (χ1v) is 8.27. The highest BCUT2D eigenvalue weighted by molar-refractivity contribution is 7.16. The minimum Gasteiger partial charge on any atom is -0.317 e. The summed E-state index contributed by atoms with van der Waals surface area (Å²) in [6.07, 6.45) is 0. The molecule has 0 unspecified atom stereocenters. The molecule has 4 rings (SSSR count). The lowest BCUT2D eigenvalue weighted by molar-refractivity contribution is 0.0999. The highest BCUT2D eigenvalue weighted by atomic mass is 32.1. The monoisotopic (exact) mass is 336 g/mol. The molecule has 3 aromatic carbocycles. The zero-order valence-electron chi connectivity index (χ0n) is 12.9. The van der Waals surface area contributed by atoms with Crippen molar-refractivity contribution in [3.63, 3.8) is 0 Å². The molecule has 24 heavy (non-hydrogen) atoms. The summed E-state index contributed by atoms with van der Waals surface area (Å²) in [5.41, 5.74) is 1.01. The number of benzene rings is 3. The number of carbonyl (C=O) groups excluding carboxylic acids is 1. The van der Waals surface area contributed by atoms with E-state index in [0.717, 1.165) is 15.5 Å². The summed E-state index contributed by atoms with van der Waals surface area (Å²) in [7, 11) is 1.72. The summed E-state index contributed by atoms with van der Waals surface area (Å²) < 4.78 is 16.4. The van der Waals surface area contributed by atoms with Crippen LogP contribution in [0.2, 0.25) is 0 Å². The van der Waals surface area contributed by atoms with Crippen molar-refractivity contribution in [3.05, 3.63) is 76.8 Å². The standard InChI is InChI=1S/C19H13FN2OS/c1-22-17-15(20)10-5-11-16(17)24-19(22)21-18(23)14-9-4-7-12-6-2-3-8-13(12)14/h2-11H,1H3. The van der Waals surface area contributed by atoms with E-state index in [1.165, 1.54) is 17.4 Å². The molecule has 0 atom stereocenters. The Balaban J connectivity index is 1.91. The summed E-state index contributed by atoms with van der Waals surface area (Å²) >= 11 is 1.30. The molecule has 0 saturated carbocycles. The SMILES string of the molecule is Cn1c(=NC(=O)c2cccc3ccccc23)sc2cccc(F)c21. The van der Waals surface area contributed by atoms with E-state index in [1.807, 2.05) is 42.5 Å². The molecule has 0 spiro atoms. The van der Waals surface area contributed by atoms with Crippen LogP contribution in [-0.4, -0.2) is 10.5 Å². The maximum absolute atomic E-state index is 14.0. The number of hydrogen-bond donors (Lipinski definition) is 0. The Morgan fingerprint density at radius 1 is 1.04 bits per heavy atom.